The van der Waals surface area contributed by atoms with E-state index in [0.29, 0.717) is 21.7 Å². The zero-order valence-electron chi connectivity index (χ0n) is 16.0. The highest BCUT2D eigenvalue weighted by molar-refractivity contribution is 7.17. The van der Waals surface area contributed by atoms with Crippen molar-refractivity contribution in [1.29, 1.82) is 0 Å². The van der Waals surface area contributed by atoms with Gasteiger partial charge in [0.15, 0.2) is 0 Å². The number of nitrogens with zero attached hydrogens (tertiary/aromatic N) is 2. The lowest BCUT2D eigenvalue weighted by molar-refractivity contribution is -0.116. The molecule has 1 amide bonds. The van der Waals surface area contributed by atoms with Crippen LogP contribution in [0.5, 0.6) is 0 Å². The van der Waals surface area contributed by atoms with E-state index in [2.05, 4.69) is 5.32 Å². The maximum atomic E-state index is 13.0. The van der Waals surface area contributed by atoms with E-state index in [9.17, 15) is 14.4 Å². The zero-order chi connectivity index (χ0) is 20.5. The second kappa shape index (κ2) is 7.56. The van der Waals surface area contributed by atoms with Crippen molar-refractivity contribution in [2.24, 2.45) is 0 Å². The summed E-state index contributed by atoms with van der Waals surface area (Å²) in [6, 6.07) is 10.7. The maximum Gasteiger partial charge on any atom is 0.332 e. The number of rotatable bonds is 5. The van der Waals surface area contributed by atoms with Crippen LogP contribution in [-0.4, -0.2) is 15.0 Å². The van der Waals surface area contributed by atoms with Gasteiger partial charge in [-0.05, 0) is 60.7 Å². The fourth-order valence-electron chi connectivity index (χ4n) is 3.15. The van der Waals surface area contributed by atoms with E-state index in [1.165, 1.54) is 22.2 Å². The molecule has 4 aromatic rings. The lowest BCUT2D eigenvalue weighted by Crippen LogP contribution is -2.41. The highest BCUT2D eigenvalue weighted by Crippen LogP contribution is 2.17. The molecule has 0 aliphatic rings. The minimum atomic E-state index is -0.549. The van der Waals surface area contributed by atoms with Gasteiger partial charge in [-0.3, -0.25) is 18.7 Å². The summed E-state index contributed by atoms with van der Waals surface area (Å²) in [5, 5.41) is 4.56. The fourth-order valence-corrected chi connectivity index (χ4v) is 3.99. The Balaban J connectivity index is 1.70. The molecule has 0 aliphatic heterocycles. The van der Waals surface area contributed by atoms with Crippen LogP contribution in [0.3, 0.4) is 0 Å². The van der Waals surface area contributed by atoms with Crippen LogP contribution >= 0.6 is 11.3 Å². The number of amides is 1. The monoisotopic (exact) mass is 409 g/mol. The maximum absolute atomic E-state index is 13.0. The largest absolute Gasteiger partial charge is 0.467 e. The second-order valence-electron chi connectivity index (χ2n) is 6.82. The Labute approximate surface area is 169 Å². The summed E-state index contributed by atoms with van der Waals surface area (Å²) in [4.78, 5) is 38.4. The van der Waals surface area contributed by atoms with Gasteiger partial charge in [-0.15, -0.1) is 11.3 Å². The number of thiophene rings is 1. The molecule has 0 spiro atoms. The van der Waals surface area contributed by atoms with Crippen LogP contribution in [0.4, 0.5) is 5.69 Å². The summed E-state index contributed by atoms with van der Waals surface area (Å²) < 4.78 is 8.13. The number of carbonyl (C=O) groups is 1. The molecule has 0 saturated carbocycles. The number of carbonyl (C=O) groups excluding carboxylic acids is 1. The van der Waals surface area contributed by atoms with Gasteiger partial charge in [-0.2, -0.15) is 0 Å². The van der Waals surface area contributed by atoms with E-state index < -0.39 is 5.69 Å². The Hall–Kier alpha value is -3.39. The number of hydrogen-bond acceptors (Lipinski definition) is 5. The molecule has 0 bridgehead atoms. The van der Waals surface area contributed by atoms with Crippen LogP contribution in [0.25, 0.3) is 10.2 Å². The van der Waals surface area contributed by atoms with Crippen molar-refractivity contribution in [3.05, 3.63) is 85.8 Å². The van der Waals surface area contributed by atoms with Crippen LogP contribution in [0.1, 0.15) is 16.9 Å². The SMILES string of the molecule is Cc1ccc(NC(=O)Cn2c(=O)n(Cc3ccco3)c(=O)c3sccc32)cc1C. The Morgan fingerprint density at radius 1 is 1.10 bits per heavy atom. The molecule has 3 aromatic heterocycles. The molecule has 4 rings (SSSR count). The standard InChI is InChI=1S/C21H19N3O4S/c1-13-5-6-15(10-14(13)2)22-18(25)12-23-17-7-9-29-19(17)20(26)24(21(23)27)11-16-4-3-8-28-16/h3-10H,11-12H2,1-2H3,(H,22,25). The molecule has 0 saturated heterocycles. The van der Waals surface area contributed by atoms with Gasteiger partial charge in [-0.1, -0.05) is 6.07 Å². The van der Waals surface area contributed by atoms with Crippen molar-refractivity contribution in [2.75, 3.05) is 5.32 Å². The van der Waals surface area contributed by atoms with E-state index in [1.54, 1.807) is 23.6 Å². The zero-order valence-corrected chi connectivity index (χ0v) is 16.8. The summed E-state index contributed by atoms with van der Waals surface area (Å²) in [5.74, 6) is 0.150. The highest BCUT2D eigenvalue weighted by atomic mass is 32.1. The molecule has 0 unspecified atom stereocenters. The Kier molecular flexibility index (Phi) is 4.94. The molecule has 0 aliphatic carbocycles. The summed E-state index contributed by atoms with van der Waals surface area (Å²) in [7, 11) is 0. The first-order valence-corrected chi connectivity index (χ1v) is 9.92. The van der Waals surface area contributed by atoms with Crippen LogP contribution in [-0.2, 0) is 17.9 Å². The molecule has 3 heterocycles. The third-order valence-corrected chi connectivity index (χ3v) is 5.71. The molecule has 0 radical (unpaired) electrons. The lowest BCUT2D eigenvalue weighted by Gasteiger charge is -2.12. The first kappa shape index (κ1) is 18.9. The molecule has 0 fully saturated rings. The summed E-state index contributed by atoms with van der Waals surface area (Å²) >= 11 is 1.24. The van der Waals surface area contributed by atoms with Crippen LogP contribution < -0.4 is 16.6 Å². The second-order valence-corrected chi connectivity index (χ2v) is 7.74. The average molecular weight is 409 g/mol. The number of aryl methyl sites for hydroxylation is 2. The topological polar surface area (TPSA) is 86.2 Å². The summed E-state index contributed by atoms with van der Waals surface area (Å²) in [6.45, 7) is 3.78. The number of anilines is 1. The van der Waals surface area contributed by atoms with Crippen LogP contribution in [0.15, 0.2) is 62.0 Å². The predicted molar refractivity (Wildman–Crippen MR) is 113 cm³/mol. The number of nitrogens with one attached hydrogen (secondary N) is 1. The predicted octanol–water partition coefficient (Wildman–Crippen LogP) is 3.12. The molecular weight excluding hydrogens is 390 g/mol. The molecule has 148 valence electrons. The number of fused-ring (bicyclic) bond motifs is 1. The third kappa shape index (κ3) is 3.66. The average Bonchev–Trinajstić information content (AvgIpc) is 3.37. The Morgan fingerprint density at radius 3 is 2.66 bits per heavy atom. The number of furan rings is 1. The van der Waals surface area contributed by atoms with Crippen LogP contribution in [0.2, 0.25) is 0 Å². The van der Waals surface area contributed by atoms with E-state index in [-0.39, 0.29) is 24.6 Å². The Morgan fingerprint density at radius 2 is 1.93 bits per heavy atom. The third-order valence-electron chi connectivity index (χ3n) is 4.82. The van der Waals surface area contributed by atoms with Crippen LogP contribution in [0, 0.1) is 13.8 Å². The van der Waals surface area contributed by atoms with Gasteiger partial charge in [0, 0.05) is 5.69 Å². The fraction of sp³-hybridized carbons (Fsp3) is 0.190. The molecule has 7 nitrogen and oxygen atoms in total. The number of hydrogen-bond donors (Lipinski definition) is 1. The normalized spacial score (nSPS) is 11.1. The minimum absolute atomic E-state index is 0.0112. The van der Waals surface area contributed by atoms with Gasteiger partial charge >= 0.3 is 5.69 Å². The van der Waals surface area contributed by atoms with Crippen molar-refractivity contribution in [2.45, 2.75) is 26.9 Å². The van der Waals surface area contributed by atoms with E-state index in [4.69, 9.17) is 4.42 Å². The Bertz CT molecular complexity index is 1310. The molecule has 8 heteroatoms. The first-order valence-electron chi connectivity index (χ1n) is 9.04. The van der Waals surface area contributed by atoms with Crippen molar-refractivity contribution >= 4 is 33.1 Å². The van der Waals surface area contributed by atoms with Gasteiger partial charge in [0.05, 0.1) is 18.3 Å². The van der Waals surface area contributed by atoms with Crippen molar-refractivity contribution in [1.82, 2.24) is 9.13 Å². The van der Waals surface area contributed by atoms with E-state index in [0.717, 1.165) is 15.7 Å². The molecule has 1 N–H and O–H groups in total. The molecule has 0 atom stereocenters. The van der Waals surface area contributed by atoms with Crippen molar-refractivity contribution in [3.63, 3.8) is 0 Å². The van der Waals surface area contributed by atoms with Gasteiger partial charge in [0.25, 0.3) is 5.56 Å². The number of benzene rings is 1. The highest BCUT2D eigenvalue weighted by Gasteiger charge is 2.17. The van der Waals surface area contributed by atoms with Gasteiger partial charge in [0.2, 0.25) is 5.91 Å². The van der Waals surface area contributed by atoms with Crippen molar-refractivity contribution < 1.29 is 9.21 Å². The van der Waals surface area contributed by atoms with Gasteiger partial charge in [0.1, 0.15) is 17.0 Å². The smallest absolute Gasteiger partial charge is 0.332 e. The molecule has 1 aromatic carbocycles. The summed E-state index contributed by atoms with van der Waals surface area (Å²) in [5.41, 5.74) is 2.37. The molecular formula is C21H19N3O4S. The quantitative estimate of drug-likeness (QED) is 0.549. The minimum Gasteiger partial charge on any atom is -0.467 e. The first-order chi connectivity index (χ1) is 13.9. The van der Waals surface area contributed by atoms with Gasteiger partial charge < -0.3 is 9.73 Å². The summed E-state index contributed by atoms with van der Waals surface area (Å²) in [6.07, 6.45) is 1.49. The number of aromatic nitrogens is 2. The lowest BCUT2D eigenvalue weighted by atomic mass is 10.1. The molecule has 29 heavy (non-hydrogen) atoms. The van der Waals surface area contributed by atoms with E-state index >= 15 is 0 Å². The van der Waals surface area contributed by atoms with Gasteiger partial charge in [-0.25, -0.2) is 4.79 Å². The van der Waals surface area contributed by atoms with E-state index in [1.807, 2.05) is 32.0 Å². The van der Waals surface area contributed by atoms with Crippen molar-refractivity contribution in [3.8, 4) is 0 Å².